The number of hydrogen-bond donors (Lipinski definition) is 1. The van der Waals surface area contributed by atoms with Gasteiger partial charge in [0.25, 0.3) is 5.91 Å². The second-order valence-electron chi connectivity index (χ2n) is 5.04. The summed E-state index contributed by atoms with van der Waals surface area (Å²) in [6.07, 6.45) is 0.504. The Kier molecular flexibility index (Phi) is 5.44. The van der Waals surface area contributed by atoms with E-state index in [-0.39, 0.29) is 18.3 Å². The molecule has 1 N–H and O–H groups in total. The molecule has 0 unspecified atom stereocenters. The molecule has 2 rings (SSSR count). The number of carboxylic acids is 1. The van der Waals surface area contributed by atoms with Crippen molar-refractivity contribution in [3.63, 3.8) is 0 Å². The largest absolute Gasteiger partial charge is 0.480 e. The maximum absolute atomic E-state index is 12.9. The highest BCUT2D eigenvalue weighted by atomic mass is 32.1. The van der Waals surface area contributed by atoms with Gasteiger partial charge in [-0.05, 0) is 31.5 Å². The van der Waals surface area contributed by atoms with Crippen LogP contribution in [-0.4, -0.2) is 40.0 Å². The molecule has 0 atom stereocenters. The molecule has 0 aliphatic rings. The van der Waals surface area contributed by atoms with Crippen molar-refractivity contribution in [3.05, 3.63) is 51.2 Å². The van der Waals surface area contributed by atoms with Crippen LogP contribution >= 0.6 is 11.3 Å². The van der Waals surface area contributed by atoms with Crippen LogP contribution in [0.1, 0.15) is 32.9 Å². The molecule has 1 aromatic heterocycles. The van der Waals surface area contributed by atoms with Crippen molar-refractivity contribution in [3.8, 4) is 0 Å². The first kappa shape index (κ1) is 17.1. The normalized spacial score (nSPS) is 10.6. The smallest absolute Gasteiger partial charge is 0.323 e. The van der Waals surface area contributed by atoms with Crippen molar-refractivity contribution in [2.24, 2.45) is 0 Å². The summed E-state index contributed by atoms with van der Waals surface area (Å²) in [5.74, 6) is -1.67. The van der Waals surface area contributed by atoms with E-state index < -0.39 is 5.97 Å². The number of aryl methyl sites for hydroxylation is 1. The molecule has 1 aromatic carbocycles. The number of carbonyl (C=O) groups excluding carboxylic acids is 1. The molecule has 0 fully saturated rings. The molecule has 0 aliphatic carbocycles. The first-order chi connectivity index (χ1) is 10.9. The molecule has 0 saturated carbocycles. The lowest BCUT2D eigenvalue weighted by Gasteiger charge is -2.17. The SMILES string of the molecule is CCN(CC(=O)O)C(=O)c1sc(Cc2ccc(F)cc2)nc1C. The van der Waals surface area contributed by atoms with Gasteiger partial charge in [0.15, 0.2) is 0 Å². The highest BCUT2D eigenvalue weighted by Crippen LogP contribution is 2.22. The number of carbonyl (C=O) groups is 2. The van der Waals surface area contributed by atoms with Crippen LogP contribution in [-0.2, 0) is 11.2 Å². The number of rotatable bonds is 6. The van der Waals surface area contributed by atoms with Crippen LogP contribution in [0.3, 0.4) is 0 Å². The highest BCUT2D eigenvalue weighted by molar-refractivity contribution is 7.13. The van der Waals surface area contributed by atoms with E-state index in [9.17, 15) is 14.0 Å². The van der Waals surface area contributed by atoms with Gasteiger partial charge >= 0.3 is 5.97 Å². The lowest BCUT2D eigenvalue weighted by molar-refractivity contribution is -0.137. The molecule has 0 saturated heterocycles. The Bertz CT molecular complexity index is 713. The van der Waals surface area contributed by atoms with E-state index in [1.165, 1.54) is 28.4 Å². The van der Waals surface area contributed by atoms with Gasteiger partial charge < -0.3 is 10.0 Å². The topological polar surface area (TPSA) is 70.5 Å². The van der Waals surface area contributed by atoms with Gasteiger partial charge in [0, 0.05) is 13.0 Å². The van der Waals surface area contributed by atoms with Crippen molar-refractivity contribution in [1.29, 1.82) is 0 Å². The number of amides is 1. The Balaban J connectivity index is 2.18. The minimum Gasteiger partial charge on any atom is -0.480 e. The summed E-state index contributed by atoms with van der Waals surface area (Å²) in [6.45, 7) is 3.44. The number of nitrogens with zero attached hydrogens (tertiary/aromatic N) is 2. The van der Waals surface area contributed by atoms with E-state index in [1.807, 2.05) is 0 Å². The number of carboxylic acid groups (broad SMARTS) is 1. The Hall–Kier alpha value is -2.28. The van der Waals surface area contributed by atoms with Crippen molar-refractivity contribution in [2.75, 3.05) is 13.1 Å². The standard InChI is InChI=1S/C16H17FN2O3S/c1-3-19(9-14(20)21)16(22)15-10(2)18-13(23-15)8-11-4-6-12(17)7-5-11/h4-7H,3,8-9H2,1-2H3,(H,20,21). The summed E-state index contributed by atoms with van der Waals surface area (Å²) >= 11 is 1.25. The van der Waals surface area contributed by atoms with Gasteiger partial charge in [0.2, 0.25) is 0 Å². The van der Waals surface area contributed by atoms with E-state index >= 15 is 0 Å². The lowest BCUT2D eigenvalue weighted by atomic mass is 10.1. The molecule has 0 bridgehead atoms. The van der Waals surface area contributed by atoms with E-state index in [4.69, 9.17) is 5.11 Å². The Morgan fingerprint density at radius 1 is 1.30 bits per heavy atom. The Morgan fingerprint density at radius 3 is 2.52 bits per heavy atom. The molecule has 5 nitrogen and oxygen atoms in total. The minimum atomic E-state index is -1.05. The molecule has 0 aliphatic heterocycles. The van der Waals surface area contributed by atoms with E-state index in [0.29, 0.717) is 23.5 Å². The molecule has 122 valence electrons. The van der Waals surface area contributed by atoms with E-state index in [2.05, 4.69) is 4.98 Å². The predicted molar refractivity (Wildman–Crippen MR) is 85.3 cm³/mol. The number of benzene rings is 1. The zero-order valence-electron chi connectivity index (χ0n) is 12.9. The number of thiazole rings is 1. The zero-order valence-corrected chi connectivity index (χ0v) is 13.7. The summed E-state index contributed by atoms with van der Waals surface area (Å²) < 4.78 is 12.9. The Labute approximate surface area is 137 Å². The van der Waals surface area contributed by atoms with Crippen LogP contribution in [0, 0.1) is 12.7 Å². The maximum Gasteiger partial charge on any atom is 0.323 e. The predicted octanol–water partition coefficient (Wildman–Crippen LogP) is 2.73. The zero-order chi connectivity index (χ0) is 17.0. The summed E-state index contributed by atoms with van der Waals surface area (Å²) in [5, 5.41) is 9.61. The number of aromatic nitrogens is 1. The third-order valence-corrected chi connectivity index (χ3v) is 4.44. The molecule has 7 heteroatoms. The molecule has 2 aromatic rings. The average Bonchev–Trinajstić information content (AvgIpc) is 2.87. The maximum atomic E-state index is 12.9. The molecular weight excluding hydrogens is 319 g/mol. The van der Waals surface area contributed by atoms with Crippen molar-refractivity contribution in [2.45, 2.75) is 20.3 Å². The summed E-state index contributed by atoms with van der Waals surface area (Å²) in [5.41, 5.74) is 1.48. The highest BCUT2D eigenvalue weighted by Gasteiger charge is 2.22. The molecule has 1 amide bonds. The molecule has 1 heterocycles. The average molecular weight is 336 g/mol. The second kappa shape index (κ2) is 7.32. The lowest BCUT2D eigenvalue weighted by Crippen LogP contribution is -2.35. The first-order valence-electron chi connectivity index (χ1n) is 7.12. The van der Waals surface area contributed by atoms with Crippen molar-refractivity contribution in [1.82, 2.24) is 9.88 Å². The van der Waals surface area contributed by atoms with E-state index in [0.717, 1.165) is 10.6 Å². The third kappa shape index (κ3) is 4.35. The molecule has 0 radical (unpaired) electrons. The molecule has 23 heavy (non-hydrogen) atoms. The van der Waals surface area contributed by atoms with E-state index in [1.54, 1.807) is 26.0 Å². The minimum absolute atomic E-state index is 0.299. The molecular formula is C16H17FN2O3S. The van der Waals surface area contributed by atoms with Crippen molar-refractivity contribution < 1.29 is 19.1 Å². The monoisotopic (exact) mass is 336 g/mol. The summed E-state index contributed by atoms with van der Waals surface area (Å²) in [6, 6.07) is 6.12. The van der Waals surface area contributed by atoms with Crippen LogP contribution in [0.4, 0.5) is 4.39 Å². The number of aliphatic carboxylic acids is 1. The first-order valence-corrected chi connectivity index (χ1v) is 7.94. The van der Waals surface area contributed by atoms with Gasteiger partial charge in [0.1, 0.15) is 17.2 Å². The van der Waals surface area contributed by atoms with Crippen LogP contribution in [0.5, 0.6) is 0 Å². The van der Waals surface area contributed by atoms with Gasteiger partial charge in [-0.3, -0.25) is 9.59 Å². The number of likely N-dealkylation sites (N-methyl/N-ethyl adjacent to an activating group) is 1. The summed E-state index contributed by atoms with van der Waals surface area (Å²) in [7, 11) is 0. The summed E-state index contributed by atoms with van der Waals surface area (Å²) in [4.78, 5) is 29.3. The third-order valence-electron chi connectivity index (χ3n) is 3.30. The quantitative estimate of drug-likeness (QED) is 0.880. The second-order valence-corrected chi connectivity index (χ2v) is 6.12. The number of hydrogen-bond acceptors (Lipinski definition) is 4. The fourth-order valence-corrected chi connectivity index (χ4v) is 3.20. The van der Waals surface area contributed by atoms with Crippen LogP contribution in [0.25, 0.3) is 0 Å². The molecule has 0 spiro atoms. The Morgan fingerprint density at radius 2 is 1.96 bits per heavy atom. The van der Waals surface area contributed by atoms with Crippen LogP contribution in [0.15, 0.2) is 24.3 Å². The number of halogens is 1. The van der Waals surface area contributed by atoms with Gasteiger partial charge in [-0.25, -0.2) is 9.37 Å². The fraction of sp³-hybridized carbons (Fsp3) is 0.312. The van der Waals surface area contributed by atoms with Crippen molar-refractivity contribution >= 4 is 23.2 Å². The fourth-order valence-electron chi connectivity index (χ4n) is 2.14. The van der Waals surface area contributed by atoms with Gasteiger partial charge in [-0.2, -0.15) is 0 Å². The van der Waals surface area contributed by atoms with Crippen LogP contribution in [0.2, 0.25) is 0 Å². The van der Waals surface area contributed by atoms with Crippen LogP contribution < -0.4 is 0 Å². The van der Waals surface area contributed by atoms with Gasteiger partial charge in [0.05, 0.1) is 10.7 Å². The van der Waals surface area contributed by atoms with Gasteiger partial charge in [-0.1, -0.05) is 12.1 Å². The van der Waals surface area contributed by atoms with Gasteiger partial charge in [-0.15, -0.1) is 11.3 Å².